The van der Waals surface area contributed by atoms with Crippen LogP contribution in [0.1, 0.15) is 32.3 Å². The molecule has 1 saturated heterocycles. The highest BCUT2D eigenvalue weighted by Gasteiger charge is 2.16. The average Bonchev–Trinajstić information content (AvgIpc) is 2.42. The highest BCUT2D eigenvalue weighted by Crippen LogP contribution is 2.13. The molecule has 1 aromatic rings. The number of hydrogen-bond acceptors (Lipinski definition) is 3. The van der Waals surface area contributed by atoms with Crippen molar-refractivity contribution in [1.82, 2.24) is 10.2 Å². The number of rotatable bonds is 3. The fraction of sp³-hybridized carbons (Fsp3) is 0.600. The van der Waals surface area contributed by atoms with Crippen molar-refractivity contribution in [1.29, 1.82) is 0 Å². The van der Waals surface area contributed by atoms with Gasteiger partial charge in [0.2, 0.25) is 0 Å². The quantitative estimate of drug-likeness (QED) is 0.827. The van der Waals surface area contributed by atoms with Gasteiger partial charge >= 0.3 is 0 Å². The SMILES string of the molecule is CC.CN1CCC(NCc2ccc(N)cc2F)CC1. The van der Waals surface area contributed by atoms with E-state index in [2.05, 4.69) is 17.3 Å². The van der Waals surface area contributed by atoms with E-state index in [1.54, 1.807) is 12.1 Å². The van der Waals surface area contributed by atoms with Gasteiger partial charge in [0.05, 0.1) is 0 Å². The molecule has 1 fully saturated rings. The minimum absolute atomic E-state index is 0.217. The summed E-state index contributed by atoms with van der Waals surface area (Å²) >= 11 is 0. The summed E-state index contributed by atoms with van der Waals surface area (Å²) in [5.41, 5.74) is 6.69. The van der Waals surface area contributed by atoms with Gasteiger partial charge in [-0.15, -0.1) is 0 Å². The van der Waals surface area contributed by atoms with Crippen LogP contribution in [0.15, 0.2) is 18.2 Å². The molecular weight excluding hydrogens is 241 g/mol. The van der Waals surface area contributed by atoms with Crippen LogP contribution in [0.5, 0.6) is 0 Å². The van der Waals surface area contributed by atoms with Gasteiger partial charge in [0.25, 0.3) is 0 Å². The Balaban J connectivity index is 0.000000861. The second-order valence-corrected chi connectivity index (χ2v) is 4.81. The molecule has 3 N–H and O–H groups in total. The third-order valence-corrected chi connectivity index (χ3v) is 3.38. The normalized spacial score (nSPS) is 16.8. The van der Waals surface area contributed by atoms with Gasteiger partial charge in [0.1, 0.15) is 5.82 Å². The smallest absolute Gasteiger partial charge is 0.129 e. The van der Waals surface area contributed by atoms with Crippen molar-refractivity contribution in [2.75, 3.05) is 25.9 Å². The van der Waals surface area contributed by atoms with E-state index in [1.807, 2.05) is 13.8 Å². The predicted octanol–water partition coefficient (Wildman–Crippen LogP) is 2.62. The van der Waals surface area contributed by atoms with Crippen LogP contribution in [0.4, 0.5) is 10.1 Å². The lowest BCUT2D eigenvalue weighted by atomic mass is 10.1. The molecule has 0 unspecified atom stereocenters. The summed E-state index contributed by atoms with van der Waals surface area (Å²) in [4.78, 5) is 2.32. The first-order chi connectivity index (χ1) is 9.15. The third kappa shape index (κ3) is 5.17. The molecule has 0 saturated carbocycles. The first kappa shape index (κ1) is 15.9. The minimum Gasteiger partial charge on any atom is -0.399 e. The molecule has 3 nitrogen and oxygen atoms in total. The van der Waals surface area contributed by atoms with Crippen molar-refractivity contribution < 1.29 is 4.39 Å². The molecule has 1 aliphatic rings. The Morgan fingerprint density at radius 2 is 1.95 bits per heavy atom. The van der Waals surface area contributed by atoms with Crippen molar-refractivity contribution >= 4 is 5.69 Å². The van der Waals surface area contributed by atoms with Crippen molar-refractivity contribution in [3.8, 4) is 0 Å². The molecule has 0 radical (unpaired) electrons. The van der Waals surface area contributed by atoms with Gasteiger partial charge in [-0.2, -0.15) is 0 Å². The molecule has 0 aliphatic carbocycles. The highest BCUT2D eigenvalue weighted by molar-refractivity contribution is 5.40. The lowest BCUT2D eigenvalue weighted by Crippen LogP contribution is -2.40. The van der Waals surface area contributed by atoms with E-state index in [9.17, 15) is 4.39 Å². The monoisotopic (exact) mass is 267 g/mol. The zero-order valence-corrected chi connectivity index (χ0v) is 12.2. The number of halogens is 1. The Morgan fingerprint density at radius 1 is 1.32 bits per heavy atom. The van der Waals surface area contributed by atoms with Crippen LogP contribution in [0.2, 0.25) is 0 Å². The molecule has 4 heteroatoms. The number of piperidine rings is 1. The van der Waals surface area contributed by atoms with Gasteiger partial charge in [0, 0.05) is 23.8 Å². The molecule has 108 valence electrons. The zero-order valence-electron chi connectivity index (χ0n) is 12.2. The molecule has 0 aromatic heterocycles. The summed E-state index contributed by atoms with van der Waals surface area (Å²) < 4.78 is 13.5. The second kappa shape index (κ2) is 8.12. The topological polar surface area (TPSA) is 41.3 Å². The lowest BCUT2D eigenvalue weighted by molar-refractivity contribution is 0.233. The van der Waals surface area contributed by atoms with E-state index >= 15 is 0 Å². The van der Waals surface area contributed by atoms with Crippen LogP contribution < -0.4 is 11.1 Å². The number of nitrogens with two attached hydrogens (primary N) is 1. The van der Waals surface area contributed by atoms with Crippen LogP contribution in [-0.2, 0) is 6.54 Å². The van der Waals surface area contributed by atoms with E-state index < -0.39 is 0 Å². The summed E-state index contributed by atoms with van der Waals surface area (Å²) in [5, 5.41) is 3.41. The van der Waals surface area contributed by atoms with Crippen molar-refractivity contribution in [3.05, 3.63) is 29.6 Å². The molecule has 0 atom stereocenters. The van der Waals surface area contributed by atoms with Gasteiger partial charge in [-0.3, -0.25) is 0 Å². The van der Waals surface area contributed by atoms with Crippen molar-refractivity contribution in [2.45, 2.75) is 39.3 Å². The van der Waals surface area contributed by atoms with Gasteiger partial charge in [-0.1, -0.05) is 19.9 Å². The average molecular weight is 267 g/mol. The molecule has 0 amide bonds. The number of anilines is 1. The molecular formula is C15H26FN3. The van der Waals surface area contributed by atoms with Crippen LogP contribution in [-0.4, -0.2) is 31.1 Å². The standard InChI is InChI=1S/C13H20FN3.C2H6/c1-17-6-4-12(5-7-17)16-9-10-2-3-11(15)8-13(10)14;1-2/h2-3,8,12,16H,4-7,9,15H2,1H3;1-2H3. The molecule has 1 aliphatic heterocycles. The molecule has 0 spiro atoms. The summed E-state index contributed by atoms with van der Waals surface area (Å²) in [7, 11) is 2.13. The summed E-state index contributed by atoms with van der Waals surface area (Å²) in [6, 6.07) is 5.38. The van der Waals surface area contributed by atoms with E-state index in [0.717, 1.165) is 25.9 Å². The summed E-state index contributed by atoms with van der Waals surface area (Å²) in [5.74, 6) is -0.217. The fourth-order valence-electron chi connectivity index (χ4n) is 2.17. The molecule has 0 bridgehead atoms. The Hall–Kier alpha value is -1.13. The number of nitrogen functional groups attached to an aromatic ring is 1. The van der Waals surface area contributed by atoms with E-state index in [1.165, 1.54) is 6.07 Å². The maximum absolute atomic E-state index is 13.5. The summed E-state index contributed by atoms with van der Waals surface area (Å²) in [6.07, 6.45) is 2.26. The Labute approximate surface area is 116 Å². The lowest BCUT2D eigenvalue weighted by Gasteiger charge is -2.29. The maximum atomic E-state index is 13.5. The van der Waals surface area contributed by atoms with Gasteiger partial charge in [0.15, 0.2) is 0 Å². The highest BCUT2D eigenvalue weighted by atomic mass is 19.1. The van der Waals surface area contributed by atoms with E-state index in [0.29, 0.717) is 23.8 Å². The van der Waals surface area contributed by atoms with Crippen molar-refractivity contribution in [2.24, 2.45) is 0 Å². The fourth-order valence-corrected chi connectivity index (χ4v) is 2.17. The molecule has 1 heterocycles. The number of benzene rings is 1. The minimum atomic E-state index is -0.217. The van der Waals surface area contributed by atoms with Crippen LogP contribution >= 0.6 is 0 Å². The summed E-state index contributed by atoms with van der Waals surface area (Å²) in [6.45, 7) is 6.81. The van der Waals surface area contributed by atoms with Crippen molar-refractivity contribution in [3.63, 3.8) is 0 Å². The number of nitrogens with one attached hydrogen (secondary N) is 1. The molecule has 19 heavy (non-hydrogen) atoms. The predicted molar refractivity (Wildman–Crippen MR) is 79.5 cm³/mol. The third-order valence-electron chi connectivity index (χ3n) is 3.38. The maximum Gasteiger partial charge on any atom is 0.129 e. The Kier molecular flexibility index (Phi) is 6.81. The van der Waals surface area contributed by atoms with E-state index in [4.69, 9.17) is 5.73 Å². The Bertz CT molecular complexity index is 374. The van der Waals surface area contributed by atoms with Crippen LogP contribution in [0.25, 0.3) is 0 Å². The first-order valence-electron chi connectivity index (χ1n) is 7.11. The second-order valence-electron chi connectivity index (χ2n) is 4.81. The van der Waals surface area contributed by atoms with Gasteiger partial charge in [-0.25, -0.2) is 4.39 Å². The van der Waals surface area contributed by atoms with Crippen LogP contribution in [0, 0.1) is 5.82 Å². The largest absolute Gasteiger partial charge is 0.399 e. The number of nitrogens with zero attached hydrogens (tertiary/aromatic N) is 1. The number of hydrogen-bond donors (Lipinski definition) is 2. The zero-order chi connectivity index (χ0) is 14.3. The van der Waals surface area contributed by atoms with Gasteiger partial charge < -0.3 is 16.0 Å². The number of likely N-dealkylation sites (tertiary alicyclic amines) is 1. The first-order valence-corrected chi connectivity index (χ1v) is 7.11. The Morgan fingerprint density at radius 3 is 2.53 bits per heavy atom. The van der Waals surface area contributed by atoms with Gasteiger partial charge in [-0.05, 0) is 45.1 Å². The van der Waals surface area contributed by atoms with Crippen LogP contribution in [0.3, 0.4) is 0 Å². The van der Waals surface area contributed by atoms with E-state index in [-0.39, 0.29) is 5.82 Å². The molecule has 2 rings (SSSR count). The molecule has 1 aromatic carbocycles.